The fourth-order valence-corrected chi connectivity index (χ4v) is 3.41. The lowest BCUT2D eigenvalue weighted by Gasteiger charge is -2.31. The van der Waals surface area contributed by atoms with E-state index in [9.17, 15) is 9.59 Å². The van der Waals surface area contributed by atoms with E-state index < -0.39 is 6.04 Å². The molecule has 1 N–H and O–H groups in total. The number of benzene rings is 1. The number of likely N-dealkylation sites (N-methyl/N-ethyl adjacent to an activating group) is 1. The van der Waals surface area contributed by atoms with Crippen LogP contribution in [0.1, 0.15) is 31.9 Å². The van der Waals surface area contributed by atoms with Gasteiger partial charge in [0, 0.05) is 19.2 Å². The van der Waals surface area contributed by atoms with Crippen LogP contribution in [0.5, 0.6) is 11.5 Å². The summed E-state index contributed by atoms with van der Waals surface area (Å²) in [4.78, 5) is 28.9. The summed E-state index contributed by atoms with van der Waals surface area (Å²) in [5, 5.41) is 2.93. The second-order valence-electron chi connectivity index (χ2n) is 6.64. The first-order valence-corrected chi connectivity index (χ1v) is 8.72. The topological polar surface area (TPSA) is 71.1 Å². The van der Waals surface area contributed by atoms with Crippen molar-refractivity contribution >= 4 is 11.9 Å². The average molecular weight is 359 g/mol. The van der Waals surface area contributed by atoms with Crippen molar-refractivity contribution in [2.24, 2.45) is 0 Å². The van der Waals surface area contributed by atoms with E-state index in [1.807, 2.05) is 30.9 Å². The molecule has 26 heavy (non-hydrogen) atoms. The second kappa shape index (κ2) is 6.90. The number of rotatable bonds is 5. The zero-order valence-corrected chi connectivity index (χ0v) is 15.8. The van der Waals surface area contributed by atoms with Crippen LogP contribution in [0.25, 0.3) is 0 Å². The van der Waals surface area contributed by atoms with E-state index in [2.05, 4.69) is 5.32 Å². The molecule has 0 aliphatic carbocycles. The Morgan fingerprint density at radius 3 is 2.35 bits per heavy atom. The van der Waals surface area contributed by atoms with Crippen molar-refractivity contribution in [2.45, 2.75) is 32.4 Å². The number of nitrogens with one attached hydrogen (secondary N) is 1. The van der Waals surface area contributed by atoms with Gasteiger partial charge in [-0.3, -0.25) is 9.69 Å². The number of amides is 3. The standard InChI is InChI=1S/C19H25N3O4/c1-6-11(2)22-10-15-16(18(22)23)17(20-19(24)21(15)3)12-7-13(25-4)9-14(8-12)26-5/h7-9,11,17H,6,10H2,1-5H3,(H,20,24). The molecular formula is C19H25N3O4. The molecular weight excluding hydrogens is 334 g/mol. The quantitative estimate of drug-likeness (QED) is 0.876. The Balaban J connectivity index is 2.07. The van der Waals surface area contributed by atoms with E-state index in [4.69, 9.17) is 9.47 Å². The molecule has 1 aromatic carbocycles. The molecule has 0 radical (unpaired) electrons. The number of nitrogens with zero attached hydrogens (tertiary/aromatic N) is 2. The monoisotopic (exact) mass is 359 g/mol. The normalized spacial score (nSPS) is 20.9. The van der Waals surface area contributed by atoms with Gasteiger partial charge in [-0.25, -0.2) is 4.79 Å². The number of carbonyl (C=O) groups is 2. The highest BCUT2D eigenvalue weighted by Crippen LogP contribution is 2.38. The van der Waals surface area contributed by atoms with Gasteiger partial charge in [-0.1, -0.05) is 6.92 Å². The van der Waals surface area contributed by atoms with Crippen LogP contribution in [-0.4, -0.2) is 55.6 Å². The predicted octanol–water partition coefficient (Wildman–Crippen LogP) is 2.29. The van der Waals surface area contributed by atoms with E-state index in [1.165, 1.54) is 4.90 Å². The van der Waals surface area contributed by atoms with Crippen LogP contribution in [-0.2, 0) is 4.79 Å². The van der Waals surface area contributed by atoms with Crippen molar-refractivity contribution in [1.29, 1.82) is 0 Å². The summed E-state index contributed by atoms with van der Waals surface area (Å²) in [6.07, 6.45) is 0.856. The summed E-state index contributed by atoms with van der Waals surface area (Å²) >= 11 is 0. The first-order valence-electron chi connectivity index (χ1n) is 8.72. The van der Waals surface area contributed by atoms with Gasteiger partial charge in [0.05, 0.1) is 38.1 Å². The number of ether oxygens (including phenoxy) is 2. The summed E-state index contributed by atoms with van der Waals surface area (Å²) in [5.41, 5.74) is 2.13. The van der Waals surface area contributed by atoms with Gasteiger partial charge >= 0.3 is 6.03 Å². The molecule has 2 aliphatic rings. The molecule has 0 saturated heterocycles. The number of hydrogen-bond donors (Lipinski definition) is 1. The predicted molar refractivity (Wildman–Crippen MR) is 97.1 cm³/mol. The minimum absolute atomic E-state index is 0.0343. The second-order valence-corrected chi connectivity index (χ2v) is 6.64. The van der Waals surface area contributed by atoms with Crippen LogP contribution < -0.4 is 14.8 Å². The van der Waals surface area contributed by atoms with Gasteiger partial charge in [0.25, 0.3) is 5.91 Å². The average Bonchev–Trinajstić information content (AvgIpc) is 3.01. The molecule has 7 nitrogen and oxygen atoms in total. The summed E-state index contributed by atoms with van der Waals surface area (Å²) in [6, 6.07) is 4.76. The SMILES string of the molecule is CCC(C)N1CC2=C(C1=O)C(c1cc(OC)cc(OC)c1)NC(=O)N2C. The molecule has 0 spiro atoms. The van der Waals surface area contributed by atoms with Crippen LogP contribution in [0.3, 0.4) is 0 Å². The van der Waals surface area contributed by atoms with Crippen molar-refractivity contribution in [2.75, 3.05) is 27.8 Å². The maximum Gasteiger partial charge on any atom is 0.322 e. The van der Waals surface area contributed by atoms with E-state index >= 15 is 0 Å². The van der Waals surface area contributed by atoms with Crippen molar-refractivity contribution < 1.29 is 19.1 Å². The highest BCUT2D eigenvalue weighted by molar-refractivity contribution is 6.01. The van der Waals surface area contributed by atoms with Crippen LogP contribution >= 0.6 is 0 Å². The van der Waals surface area contributed by atoms with Gasteiger partial charge in [-0.15, -0.1) is 0 Å². The number of methoxy groups -OCH3 is 2. The fraction of sp³-hybridized carbons (Fsp3) is 0.474. The molecule has 1 aromatic rings. The lowest BCUT2D eigenvalue weighted by atomic mass is 9.95. The minimum Gasteiger partial charge on any atom is -0.497 e. The molecule has 2 atom stereocenters. The van der Waals surface area contributed by atoms with Crippen molar-refractivity contribution in [3.05, 3.63) is 35.0 Å². The Hall–Kier alpha value is -2.70. The van der Waals surface area contributed by atoms with E-state index in [-0.39, 0.29) is 18.0 Å². The highest BCUT2D eigenvalue weighted by Gasteiger charge is 2.44. The van der Waals surface area contributed by atoms with Gasteiger partial charge in [-0.05, 0) is 31.0 Å². The van der Waals surface area contributed by atoms with Crippen molar-refractivity contribution in [1.82, 2.24) is 15.1 Å². The Bertz CT molecular complexity index is 752. The summed E-state index contributed by atoms with van der Waals surface area (Å²) in [7, 11) is 4.84. The summed E-state index contributed by atoms with van der Waals surface area (Å²) in [5.74, 6) is 1.19. The van der Waals surface area contributed by atoms with Crippen LogP contribution in [0.15, 0.2) is 29.5 Å². The van der Waals surface area contributed by atoms with Crippen LogP contribution in [0.2, 0.25) is 0 Å². The zero-order valence-electron chi connectivity index (χ0n) is 15.8. The third kappa shape index (κ3) is 2.87. The van der Waals surface area contributed by atoms with Crippen LogP contribution in [0.4, 0.5) is 4.79 Å². The Kier molecular flexibility index (Phi) is 4.80. The number of urea groups is 1. The first-order chi connectivity index (χ1) is 12.4. The Morgan fingerprint density at radius 1 is 1.19 bits per heavy atom. The molecule has 3 amide bonds. The number of hydrogen-bond acceptors (Lipinski definition) is 4. The molecule has 2 unspecified atom stereocenters. The maximum atomic E-state index is 13.1. The van der Waals surface area contributed by atoms with Gasteiger partial charge < -0.3 is 19.7 Å². The van der Waals surface area contributed by atoms with Gasteiger partial charge in [-0.2, -0.15) is 0 Å². The van der Waals surface area contributed by atoms with Crippen LogP contribution in [0, 0.1) is 0 Å². The molecule has 2 aliphatic heterocycles. The molecule has 3 rings (SSSR count). The molecule has 140 valence electrons. The van der Waals surface area contributed by atoms with E-state index in [0.29, 0.717) is 23.6 Å². The molecule has 0 saturated carbocycles. The lowest BCUT2D eigenvalue weighted by Crippen LogP contribution is -2.45. The van der Waals surface area contributed by atoms with Crippen molar-refractivity contribution in [3.8, 4) is 11.5 Å². The first kappa shape index (κ1) is 18.1. The Labute approximate surface area is 153 Å². The largest absolute Gasteiger partial charge is 0.497 e. The zero-order chi connectivity index (χ0) is 19.0. The summed E-state index contributed by atoms with van der Waals surface area (Å²) < 4.78 is 10.7. The Morgan fingerprint density at radius 2 is 1.81 bits per heavy atom. The molecule has 7 heteroatoms. The van der Waals surface area contributed by atoms with Gasteiger partial charge in [0.1, 0.15) is 11.5 Å². The third-order valence-corrected chi connectivity index (χ3v) is 5.22. The number of carbonyl (C=O) groups excluding carboxylic acids is 2. The van der Waals surface area contributed by atoms with E-state index in [1.54, 1.807) is 27.3 Å². The van der Waals surface area contributed by atoms with Gasteiger partial charge in [0.2, 0.25) is 0 Å². The molecule has 2 heterocycles. The smallest absolute Gasteiger partial charge is 0.322 e. The summed E-state index contributed by atoms with van der Waals surface area (Å²) in [6.45, 7) is 4.52. The van der Waals surface area contributed by atoms with E-state index in [0.717, 1.165) is 17.7 Å². The lowest BCUT2D eigenvalue weighted by molar-refractivity contribution is -0.127. The minimum atomic E-state index is -0.528. The maximum absolute atomic E-state index is 13.1. The van der Waals surface area contributed by atoms with Crippen molar-refractivity contribution in [3.63, 3.8) is 0 Å². The molecule has 0 aromatic heterocycles. The van der Waals surface area contributed by atoms with Gasteiger partial charge in [0.15, 0.2) is 0 Å². The molecule has 0 fully saturated rings. The third-order valence-electron chi connectivity index (χ3n) is 5.22. The highest BCUT2D eigenvalue weighted by atomic mass is 16.5. The fourth-order valence-electron chi connectivity index (χ4n) is 3.41. The molecule has 0 bridgehead atoms.